The van der Waals surface area contributed by atoms with E-state index >= 15 is 0 Å². The number of para-hydroxylation sites is 4. The molecule has 4 aromatic heterocycles. The van der Waals surface area contributed by atoms with Crippen molar-refractivity contribution in [2.24, 2.45) is 127 Å². The fourth-order valence-electron chi connectivity index (χ4n) is 15.5. The first kappa shape index (κ1) is 111. The lowest BCUT2D eigenvalue weighted by molar-refractivity contribution is -0.201. The van der Waals surface area contributed by atoms with Gasteiger partial charge in [-0.15, -0.1) is 0 Å². The van der Waals surface area contributed by atoms with Crippen LogP contribution in [0.25, 0.3) is 43.6 Å². The van der Waals surface area contributed by atoms with Crippen LogP contribution in [0.3, 0.4) is 0 Å². The smallest absolute Gasteiger partial charge is 0.266 e. The van der Waals surface area contributed by atoms with Crippen molar-refractivity contribution in [3.8, 4) is 0 Å². The molecule has 8 rings (SSSR count). The summed E-state index contributed by atoms with van der Waals surface area (Å²) in [5, 5.41) is 193. The van der Waals surface area contributed by atoms with Crippen LogP contribution in [0.15, 0.2) is 202 Å². The van der Waals surface area contributed by atoms with Crippen molar-refractivity contribution in [1.82, 2.24) is 19.9 Å². The van der Waals surface area contributed by atoms with E-state index in [1.54, 1.807) is 80.2 Å². The standard InChI is InChI=1S/C99H140N20O19S/c1-51(2)37-73(109-86(122)59(17)107-81(121)49-105-96(132)82(55(9)10)106-50-120)89(125)108-60(18)87(123)117-84(57(13)14)98(134)119-85(58(15)16)99(135)118-83(56(11)12)97(133)116-80(44-64-48-104-72-34-26-22-30-68(64)72)95(131)112-76(40-54(7)8)92(128)115-79(43-63-47-103-71-33-25-21-29-67(63)71)94(130)111-75(39-53(5)6)91(127)114-78(42-62-46-102-70-32-24-20-28-66(62)70)93(129)110-74(38-52(3)4)90(126)113-77(88(124)100-35-36-139(136,137)138)41-61-45-101-69-31-23-19-27-65(61)69/h19-34,45-48,50-60,73-80,82-85,101-104H,35-44,49H2,1-18H3,(H,100,124)(H,105,132)(H,106,120)(H,107,121)(H,108,125)(H,109,122)(H,110,129)(H,111,130)(H,112,131)(H,113,126)(H,114,127)(H,115,128)(H,116,133)(H,117,123)(H,118,135)(H,119,134)(H,136,137,138)/p-1/t59-,60-,73+,74+,75+,76+,77-,78-,79-,80-,82-,83+,84+,85-/m0/s1. The maximum absolute atomic E-state index is 12.8. The molecular weight excluding hydrogens is 1810 g/mol. The summed E-state index contributed by atoms with van der Waals surface area (Å²) < 4.78 is 33.1. The number of nitrogens with one attached hydrogen (secondary N) is 4. The van der Waals surface area contributed by atoms with Crippen molar-refractivity contribution in [2.45, 2.75) is 261 Å². The summed E-state index contributed by atoms with van der Waals surface area (Å²) in [5.41, 5.74) is 5.45. The lowest BCUT2D eigenvalue weighted by Crippen LogP contribution is -2.35. The number of aromatic amines is 4. The number of aliphatic hydroxyl groups is 15. The van der Waals surface area contributed by atoms with E-state index in [1.165, 1.54) is 13.8 Å². The number of hydrogen-bond donors (Lipinski definition) is 20. The second kappa shape index (κ2) is 51.8. The Labute approximate surface area is 809 Å². The lowest BCUT2D eigenvalue weighted by Gasteiger charge is -2.23. The van der Waals surface area contributed by atoms with Crippen LogP contribution in [0.5, 0.6) is 0 Å². The highest BCUT2D eigenvalue weighted by atomic mass is 32.2. The molecule has 40 heteroatoms. The highest BCUT2D eigenvalue weighted by Gasteiger charge is 2.35. The van der Waals surface area contributed by atoms with E-state index < -0.39 is 220 Å². The SMILES string of the molecule is CC(C)C[C@@H](N=C(O)[C@H](C)N=C(O)CN=C(O)[C@@H](N=C[O-])C(C)C)C(O)=N[C@@H](C)C(O)=N[C@@H](C(O)=N[C@H](C(O)=N[C@@H](C(O)=N[C@@H](Cc1c[nH]c2ccccc12)C(O)=N[C@H](CC(C)C)C(O)=N[C@@H](Cc1c[nH]c2ccccc12)C(O)=N[C@H](CC(C)C)C(O)=N[C@@H](Cc1c[nH]c2ccccc12)C(O)=N[C@H](CC(C)C)C(O)=N[C@@H](Cc1c[nH]c2ccccc12)C(O)=NCCS(=O)(=O)O)C(C)C)C(C)C)C(C)C. The van der Waals surface area contributed by atoms with Gasteiger partial charge < -0.3 is 102 Å². The zero-order valence-corrected chi connectivity index (χ0v) is 82.9. The first-order valence-electron chi connectivity index (χ1n) is 46.8. The zero-order valence-electron chi connectivity index (χ0n) is 82.0. The van der Waals surface area contributed by atoms with Crippen molar-refractivity contribution in [3.63, 3.8) is 0 Å². The molecule has 0 radical (unpaired) electrons. The molecule has 20 N–H and O–H groups in total. The summed E-state index contributed by atoms with van der Waals surface area (Å²) in [5.74, 6) is -13.6. The Bertz CT molecular complexity index is 6040. The van der Waals surface area contributed by atoms with Crippen LogP contribution >= 0.6 is 0 Å². The van der Waals surface area contributed by atoms with Crippen LogP contribution in [0.1, 0.15) is 173 Å². The number of aromatic nitrogens is 4. The second-order valence-corrected chi connectivity index (χ2v) is 39.4. The monoisotopic (exact) mass is 1940 g/mol. The van der Waals surface area contributed by atoms with E-state index in [0.29, 0.717) is 22.3 Å². The number of aliphatic imine (C=N–C) groups is 16. The Morgan fingerprint density at radius 2 is 0.554 bits per heavy atom. The Morgan fingerprint density at radius 3 is 0.856 bits per heavy atom. The van der Waals surface area contributed by atoms with Gasteiger partial charge in [-0.05, 0) is 133 Å². The third-order valence-electron chi connectivity index (χ3n) is 22.9. The first-order chi connectivity index (χ1) is 65.6. The third-order valence-corrected chi connectivity index (χ3v) is 23.6. The van der Waals surface area contributed by atoms with E-state index in [0.717, 1.165) is 43.6 Å². The van der Waals surface area contributed by atoms with Gasteiger partial charge in [0.15, 0.2) is 0 Å². The largest absolute Gasteiger partial charge is 0.864 e. The van der Waals surface area contributed by atoms with E-state index in [4.69, 9.17) is 25.0 Å². The van der Waals surface area contributed by atoms with E-state index in [-0.39, 0.29) is 87.4 Å². The maximum Gasteiger partial charge on any atom is 0.266 e. The number of rotatable bonds is 53. The second-order valence-electron chi connectivity index (χ2n) is 37.9. The molecule has 0 aliphatic heterocycles. The molecular formula is C99H139N20O19S-. The summed E-state index contributed by atoms with van der Waals surface area (Å²) in [6.07, 6.45) is 6.88. The van der Waals surface area contributed by atoms with Crippen molar-refractivity contribution in [1.29, 1.82) is 0 Å². The highest BCUT2D eigenvalue weighted by Crippen LogP contribution is 2.30. The van der Waals surface area contributed by atoms with Crippen LogP contribution in [-0.2, 0) is 35.8 Å². The molecule has 0 bridgehead atoms. The number of aliphatic hydroxyl groups excluding tert-OH is 15. The minimum atomic E-state index is -4.50. The predicted octanol–water partition coefficient (Wildman–Crippen LogP) is 16.5. The minimum absolute atomic E-state index is 0.0147. The topological polar surface area (TPSA) is 642 Å². The first-order valence-corrected chi connectivity index (χ1v) is 48.4. The van der Waals surface area contributed by atoms with Gasteiger partial charge in [0.1, 0.15) is 91.1 Å². The van der Waals surface area contributed by atoms with Gasteiger partial charge in [0, 0.05) is 94.1 Å². The fourth-order valence-corrected chi connectivity index (χ4v) is 15.9. The van der Waals surface area contributed by atoms with Crippen LogP contribution in [0.4, 0.5) is 0 Å². The average Bonchev–Trinajstić information content (AvgIpc) is 1.70. The molecule has 39 nitrogen and oxygen atoms in total. The van der Waals surface area contributed by atoms with Gasteiger partial charge in [-0.3, -0.25) is 14.5 Å². The van der Waals surface area contributed by atoms with Crippen molar-refractivity contribution >= 4 is 149 Å². The molecule has 0 amide bonds. The quantitative estimate of drug-likeness (QED) is 0.00956. The molecule has 0 fully saturated rings. The van der Waals surface area contributed by atoms with Gasteiger partial charge in [-0.25, -0.2) is 69.9 Å². The molecule has 0 saturated heterocycles. The minimum Gasteiger partial charge on any atom is -0.864 e. The molecule has 139 heavy (non-hydrogen) atoms. The fraction of sp³-hybridized carbons (Fsp3) is 0.515. The Hall–Kier alpha value is -13.5. The molecule has 756 valence electrons. The Morgan fingerprint density at radius 1 is 0.302 bits per heavy atom. The molecule has 0 unspecified atom stereocenters. The molecule has 0 aliphatic carbocycles. The van der Waals surface area contributed by atoms with Crippen LogP contribution < -0.4 is 5.11 Å². The van der Waals surface area contributed by atoms with Crippen LogP contribution in [-0.4, -0.2) is 308 Å². The molecule has 0 aliphatic rings. The summed E-state index contributed by atoms with van der Waals surface area (Å²) in [6, 6.07) is 10.9. The number of benzene rings is 4. The molecule has 8 aromatic rings. The summed E-state index contributed by atoms with van der Waals surface area (Å²) in [7, 11) is -4.50. The van der Waals surface area contributed by atoms with Crippen molar-refractivity contribution in [3.05, 3.63) is 144 Å². The number of hydrogen-bond acceptors (Lipinski definition) is 19. The van der Waals surface area contributed by atoms with Crippen LogP contribution in [0, 0.1) is 47.3 Å². The van der Waals surface area contributed by atoms with E-state index in [1.807, 2.05) is 152 Å². The van der Waals surface area contributed by atoms with Gasteiger partial charge in [-0.1, -0.05) is 190 Å². The molecule has 14 atom stereocenters. The maximum atomic E-state index is 12.8. The lowest BCUT2D eigenvalue weighted by atomic mass is 10.0. The van der Waals surface area contributed by atoms with Crippen LogP contribution in [0.2, 0.25) is 0 Å². The summed E-state index contributed by atoms with van der Waals surface area (Å²) >= 11 is 0. The number of fused-ring (bicyclic) bond motifs is 4. The van der Waals surface area contributed by atoms with Gasteiger partial charge in [0.05, 0.1) is 12.3 Å². The van der Waals surface area contributed by atoms with E-state index in [2.05, 4.69) is 74.9 Å². The Balaban J connectivity index is 1.17. The van der Waals surface area contributed by atoms with Gasteiger partial charge in [0.25, 0.3) is 10.1 Å². The number of nitrogens with zero attached hydrogens (tertiary/aromatic N) is 16. The third kappa shape index (κ3) is 33.1. The molecule has 4 heterocycles. The zero-order chi connectivity index (χ0) is 103. The summed E-state index contributed by atoms with van der Waals surface area (Å²) in [4.78, 5) is 83.5. The average molecular weight is 1950 g/mol. The highest BCUT2D eigenvalue weighted by molar-refractivity contribution is 7.85. The molecule has 0 spiro atoms. The van der Waals surface area contributed by atoms with Crippen molar-refractivity contribution < 1.29 is 94.7 Å². The Kier molecular flexibility index (Phi) is 41.2. The molecule has 4 aromatic carbocycles. The van der Waals surface area contributed by atoms with Gasteiger partial charge >= 0.3 is 0 Å². The predicted molar refractivity (Wildman–Crippen MR) is 555 cm³/mol. The normalized spacial score (nSPS) is 17.7. The number of H-pyrrole nitrogens is 4. The molecule has 0 saturated carbocycles. The van der Waals surface area contributed by atoms with Gasteiger partial charge in [0.2, 0.25) is 88.5 Å². The van der Waals surface area contributed by atoms with Crippen molar-refractivity contribution in [2.75, 3.05) is 18.8 Å². The summed E-state index contributed by atoms with van der Waals surface area (Å²) in [6.45, 7) is 30.0. The van der Waals surface area contributed by atoms with E-state index in [9.17, 15) is 94.7 Å². The van der Waals surface area contributed by atoms with Gasteiger partial charge in [-0.2, -0.15) is 8.42 Å².